The lowest BCUT2D eigenvalue weighted by molar-refractivity contribution is -0.169. The maximum Gasteiger partial charge on any atom is 0.313 e. The maximum atomic E-state index is 10.3. The van der Waals surface area contributed by atoms with E-state index in [1.807, 2.05) is 6.92 Å². The minimum absolute atomic E-state index is 0.00231. The highest BCUT2D eigenvalue weighted by Gasteiger charge is 2.68. The summed E-state index contributed by atoms with van der Waals surface area (Å²) in [5.41, 5.74) is 0.0110. The molecule has 2 rings (SSSR count). The van der Waals surface area contributed by atoms with Gasteiger partial charge in [-0.2, -0.15) is 0 Å². The molecule has 1 aliphatic heterocycles. The van der Waals surface area contributed by atoms with E-state index in [0.717, 1.165) is 6.42 Å². The van der Waals surface area contributed by atoms with Crippen LogP contribution in [0.1, 0.15) is 13.3 Å². The molecular formula is C5H6O2. The molecule has 2 aliphatic rings. The van der Waals surface area contributed by atoms with E-state index in [4.69, 9.17) is 4.74 Å². The van der Waals surface area contributed by atoms with Crippen LogP contribution in [0.25, 0.3) is 0 Å². The van der Waals surface area contributed by atoms with Crippen LogP contribution < -0.4 is 0 Å². The van der Waals surface area contributed by atoms with Gasteiger partial charge in [0.2, 0.25) is 0 Å². The third-order valence-electron chi connectivity index (χ3n) is 1.80. The van der Waals surface area contributed by atoms with Gasteiger partial charge in [0.05, 0.1) is 0 Å². The van der Waals surface area contributed by atoms with Crippen molar-refractivity contribution in [3.8, 4) is 0 Å². The monoisotopic (exact) mass is 98.0 g/mol. The van der Waals surface area contributed by atoms with Gasteiger partial charge < -0.3 is 4.74 Å². The molecule has 2 unspecified atom stereocenters. The van der Waals surface area contributed by atoms with Crippen LogP contribution in [-0.2, 0) is 9.53 Å². The molecule has 2 fully saturated rings. The van der Waals surface area contributed by atoms with Crippen LogP contribution >= 0.6 is 0 Å². The van der Waals surface area contributed by atoms with Crippen LogP contribution in [0.3, 0.4) is 0 Å². The van der Waals surface area contributed by atoms with E-state index < -0.39 is 0 Å². The largest absolute Gasteiger partial charge is 0.458 e. The molecule has 0 bridgehead atoms. The van der Waals surface area contributed by atoms with E-state index in [-0.39, 0.29) is 17.5 Å². The summed E-state index contributed by atoms with van der Waals surface area (Å²) in [7, 11) is 0. The van der Waals surface area contributed by atoms with Gasteiger partial charge in [0, 0.05) is 6.42 Å². The maximum absolute atomic E-state index is 10.3. The Kier molecular flexibility index (Phi) is 0.299. The molecule has 2 atom stereocenters. The average Bonchev–Trinajstić information content (AvgIpc) is 2.10. The second-order valence-electron chi connectivity index (χ2n) is 2.49. The normalized spacial score (nSPS) is 54.4. The lowest BCUT2D eigenvalue weighted by atomic mass is 10.2. The molecule has 0 radical (unpaired) electrons. The van der Waals surface area contributed by atoms with E-state index in [9.17, 15) is 4.79 Å². The van der Waals surface area contributed by atoms with Crippen molar-refractivity contribution in [1.82, 2.24) is 0 Å². The zero-order valence-electron chi connectivity index (χ0n) is 4.10. The lowest BCUT2D eigenvalue weighted by Gasteiger charge is -2.20. The van der Waals surface area contributed by atoms with Crippen LogP contribution in [0.2, 0.25) is 0 Å². The van der Waals surface area contributed by atoms with E-state index >= 15 is 0 Å². The molecule has 2 heteroatoms. The van der Waals surface area contributed by atoms with Gasteiger partial charge in [0.15, 0.2) is 0 Å². The Morgan fingerprint density at radius 2 is 2.71 bits per heavy atom. The number of carbonyl (C=O) groups is 1. The number of ether oxygens (including phenoxy) is 1. The highest BCUT2D eigenvalue weighted by atomic mass is 16.6. The van der Waals surface area contributed by atoms with Crippen molar-refractivity contribution < 1.29 is 9.53 Å². The molecule has 38 valence electrons. The quantitative estimate of drug-likeness (QED) is 0.408. The molecular weight excluding hydrogens is 92.1 g/mol. The molecule has 0 spiro atoms. The predicted octanol–water partition coefficient (Wildman–Crippen LogP) is 0.322. The Morgan fingerprint density at radius 1 is 2.00 bits per heavy atom. The van der Waals surface area contributed by atoms with Crippen LogP contribution in [-0.4, -0.2) is 11.6 Å². The zero-order valence-corrected chi connectivity index (χ0v) is 4.10. The van der Waals surface area contributed by atoms with Crippen molar-refractivity contribution in [3.63, 3.8) is 0 Å². The molecule has 0 amide bonds. The van der Waals surface area contributed by atoms with Gasteiger partial charge in [-0.3, -0.25) is 4.79 Å². The van der Waals surface area contributed by atoms with Crippen molar-refractivity contribution in [2.24, 2.45) is 5.92 Å². The smallest absolute Gasteiger partial charge is 0.313 e. The fraction of sp³-hybridized carbons (Fsp3) is 0.800. The number of hydrogen-bond donors (Lipinski definition) is 0. The third kappa shape index (κ3) is 0.216. The first kappa shape index (κ1) is 3.47. The van der Waals surface area contributed by atoms with Crippen molar-refractivity contribution in [3.05, 3.63) is 0 Å². The van der Waals surface area contributed by atoms with Crippen LogP contribution in [0.15, 0.2) is 0 Å². The molecule has 0 aromatic carbocycles. The van der Waals surface area contributed by atoms with Crippen molar-refractivity contribution in [2.75, 3.05) is 0 Å². The molecule has 0 N–H and O–H groups in total. The van der Waals surface area contributed by atoms with Crippen LogP contribution in [0.4, 0.5) is 0 Å². The summed E-state index contributed by atoms with van der Waals surface area (Å²) in [6.07, 6.45) is 0.964. The van der Waals surface area contributed by atoms with Gasteiger partial charge in [0.25, 0.3) is 0 Å². The fourth-order valence-electron chi connectivity index (χ4n) is 1.03. The lowest BCUT2D eigenvalue weighted by Crippen LogP contribution is -2.32. The summed E-state index contributed by atoms with van der Waals surface area (Å²) in [5.74, 6) is 0.287. The summed E-state index contributed by atoms with van der Waals surface area (Å²) in [6.45, 7) is 1.97. The van der Waals surface area contributed by atoms with Gasteiger partial charge >= 0.3 is 5.97 Å². The minimum Gasteiger partial charge on any atom is -0.458 e. The first-order chi connectivity index (χ1) is 3.22. The summed E-state index contributed by atoms with van der Waals surface area (Å²) >= 11 is 0. The molecule has 0 aromatic rings. The summed E-state index contributed by atoms with van der Waals surface area (Å²) < 4.78 is 4.76. The summed E-state index contributed by atoms with van der Waals surface area (Å²) in [5, 5.41) is 0. The number of hydrogen-bond acceptors (Lipinski definition) is 2. The first-order valence-corrected chi connectivity index (χ1v) is 2.45. The second kappa shape index (κ2) is 0.602. The number of carbonyl (C=O) groups excluding carboxylic acids is 1. The molecule has 1 saturated carbocycles. The molecule has 1 aliphatic carbocycles. The molecule has 2 nitrogen and oxygen atoms in total. The topological polar surface area (TPSA) is 26.3 Å². The standard InChI is InChI=1S/C5H6O2/c1-5-2-3(5)4(6)7-5/h3H,2H2,1H3. The third-order valence-corrected chi connectivity index (χ3v) is 1.80. The summed E-state index contributed by atoms with van der Waals surface area (Å²) in [6, 6.07) is 0. The Hall–Kier alpha value is -0.530. The second-order valence-corrected chi connectivity index (χ2v) is 2.49. The Bertz CT molecular complexity index is 141. The van der Waals surface area contributed by atoms with Gasteiger partial charge in [-0.25, -0.2) is 0 Å². The van der Waals surface area contributed by atoms with E-state index in [1.165, 1.54) is 0 Å². The van der Waals surface area contributed by atoms with Crippen LogP contribution in [0.5, 0.6) is 0 Å². The Balaban J connectivity index is 2.25. The van der Waals surface area contributed by atoms with Gasteiger partial charge in [-0.05, 0) is 6.92 Å². The molecule has 0 aromatic heterocycles. The number of esters is 1. The number of fused-ring (bicyclic) bond motifs is 1. The molecule has 1 heterocycles. The van der Waals surface area contributed by atoms with E-state index in [1.54, 1.807) is 0 Å². The van der Waals surface area contributed by atoms with Gasteiger partial charge in [-0.1, -0.05) is 0 Å². The molecule has 1 saturated heterocycles. The Morgan fingerprint density at radius 3 is 2.71 bits per heavy atom. The Labute approximate surface area is 41.5 Å². The van der Waals surface area contributed by atoms with Gasteiger partial charge in [0.1, 0.15) is 11.5 Å². The first-order valence-electron chi connectivity index (χ1n) is 2.45. The van der Waals surface area contributed by atoms with Crippen molar-refractivity contribution >= 4 is 5.97 Å². The summed E-state index contributed by atoms with van der Waals surface area (Å²) in [4.78, 5) is 10.3. The fourth-order valence-corrected chi connectivity index (χ4v) is 1.03. The highest BCUT2D eigenvalue weighted by Crippen LogP contribution is 2.55. The van der Waals surface area contributed by atoms with Gasteiger partial charge in [-0.15, -0.1) is 0 Å². The van der Waals surface area contributed by atoms with E-state index in [2.05, 4.69) is 0 Å². The van der Waals surface area contributed by atoms with Crippen molar-refractivity contribution in [1.29, 1.82) is 0 Å². The number of rotatable bonds is 0. The van der Waals surface area contributed by atoms with E-state index in [0.29, 0.717) is 0 Å². The zero-order chi connectivity index (χ0) is 5.07. The predicted molar refractivity (Wildman–Crippen MR) is 22.6 cm³/mol. The highest BCUT2D eigenvalue weighted by molar-refractivity contribution is 5.85. The minimum atomic E-state index is 0.00231. The molecule has 7 heavy (non-hydrogen) atoms. The van der Waals surface area contributed by atoms with Crippen LogP contribution in [0, 0.1) is 5.92 Å². The SMILES string of the molecule is CC12CC1C(=O)O2. The van der Waals surface area contributed by atoms with Crippen molar-refractivity contribution in [2.45, 2.75) is 18.9 Å². The average molecular weight is 98.1 g/mol.